The molecule has 1 aromatic heterocycles. The predicted molar refractivity (Wildman–Crippen MR) is 78.8 cm³/mol. The average Bonchev–Trinajstić information content (AvgIpc) is 2.77. The van der Waals surface area contributed by atoms with Crippen molar-refractivity contribution >= 4 is 0 Å². The molecular formula is C16H30N2. The van der Waals surface area contributed by atoms with Crippen molar-refractivity contribution in [1.29, 1.82) is 0 Å². The molecule has 0 aliphatic heterocycles. The molecule has 0 fully saturated rings. The average molecular weight is 250 g/mol. The minimum absolute atomic E-state index is 1.09. The summed E-state index contributed by atoms with van der Waals surface area (Å²) >= 11 is 0. The monoisotopic (exact) mass is 250 g/mol. The fourth-order valence-electron chi connectivity index (χ4n) is 2.35. The number of aryl methyl sites for hydroxylation is 2. The molecule has 2 nitrogen and oxygen atoms in total. The molecule has 0 spiro atoms. The summed E-state index contributed by atoms with van der Waals surface area (Å²) in [5, 5.41) is 4.40. The molecule has 104 valence electrons. The van der Waals surface area contributed by atoms with Gasteiger partial charge < -0.3 is 0 Å². The lowest BCUT2D eigenvalue weighted by molar-refractivity contribution is 0.514. The lowest BCUT2D eigenvalue weighted by atomic mass is 10.1. The van der Waals surface area contributed by atoms with E-state index in [2.05, 4.69) is 35.9 Å². The van der Waals surface area contributed by atoms with E-state index in [9.17, 15) is 0 Å². The molecule has 0 atom stereocenters. The van der Waals surface area contributed by atoms with Crippen LogP contribution >= 0.6 is 0 Å². The van der Waals surface area contributed by atoms with Crippen LogP contribution in [0.25, 0.3) is 0 Å². The Bertz CT molecular complexity index is 291. The van der Waals surface area contributed by atoms with Crippen LogP contribution < -0.4 is 0 Å². The van der Waals surface area contributed by atoms with Crippen LogP contribution in [-0.2, 0) is 6.54 Å². The summed E-state index contributed by atoms with van der Waals surface area (Å²) in [7, 11) is 0. The van der Waals surface area contributed by atoms with E-state index in [0.29, 0.717) is 0 Å². The fourth-order valence-corrected chi connectivity index (χ4v) is 2.35. The minimum Gasteiger partial charge on any atom is -0.273 e. The Hall–Kier alpha value is -0.790. The molecule has 0 radical (unpaired) electrons. The molecule has 0 unspecified atom stereocenters. The summed E-state index contributed by atoms with van der Waals surface area (Å²) in [4.78, 5) is 0. The highest BCUT2D eigenvalue weighted by Crippen LogP contribution is 2.10. The zero-order chi connectivity index (χ0) is 13.1. The maximum absolute atomic E-state index is 4.40. The lowest BCUT2D eigenvalue weighted by Crippen LogP contribution is -1.98. The second-order valence-corrected chi connectivity index (χ2v) is 5.40. The first-order valence-corrected chi connectivity index (χ1v) is 7.83. The van der Waals surface area contributed by atoms with Gasteiger partial charge in [-0.05, 0) is 19.4 Å². The Morgan fingerprint density at radius 2 is 1.44 bits per heavy atom. The van der Waals surface area contributed by atoms with Gasteiger partial charge in [-0.2, -0.15) is 5.10 Å². The van der Waals surface area contributed by atoms with Gasteiger partial charge in [0.2, 0.25) is 0 Å². The van der Waals surface area contributed by atoms with Crippen molar-refractivity contribution in [2.75, 3.05) is 0 Å². The Labute approximate surface area is 113 Å². The molecule has 1 rings (SSSR count). The maximum atomic E-state index is 4.40. The van der Waals surface area contributed by atoms with Crippen molar-refractivity contribution in [1.82, 2.24) is 9.78 Å². The van der Waals surface area contributed by atoms with Gasteiger partial charge >= 0.3 is 0 Å². The van der Waals surface area contributed by atoms with Gasteiger partial charge in [-0.15, -0.1) is 0 Å². The zero-order valence-electron chi connectivity index (χ0n) is 12.3. The third kappa shape index (κ3) is 7.52. The first kappa shape index (κ1) is 15.3. The Morgan fingerprint density at radius 1 is 0.889 bits per heavy atom. The number of unbranched alkanes of at least 4 members (excludes halogenated alkanes) is 9. The van der Waals surface area contributed by atoms with Gasteiger partial charge in [0, 0.05) is 12.7 Å². The van der Waals surface area contributed by atoms with Crippen LogP contribution in [0.2, 0.25) is 0 Å². The summed E-state index contributed by atoms with van der Waals surface area (Å²) in [6.07, 6.45) is 16.1. The van der Waals surface area contributed by atoms with E-state index in [4.69, 9.17) is 0 Å². The van der Waals surface area contributed by atoms with Gasteiger partial charge in [0.05, 0.1) is 5.69 Å². The Balaban J connectivity index is 1.81. The number of nitrogens with zero attached hydrogens (tertiary/aromatic N) is 2. The van der Waals surface area contributed by atoms with Crippen LogP contribution in [0.5, 0.6) is 0 Å². The van der Waals surface area contributed by atoms with Gasteiger partial charge in [0.25, 0.3) is 0 Å². The molecule has 2 heteroatoms. The molecule has 18 heavy (non-hydrogen) atoms. The largest absolute Gasteiger partial charge is 0.273 e. The van der Waals surface area contributed by atoms with Crippen LogP contribution in [0.3, 0.4) is 0 Å². The third-order valence-electron chi connectivity index (χ3n) is 3.51. The highest BCUT2D eigenvalue weighted by atomic mass is 15.3. The van der Waals surface area contributed by atoms with Crippen LogP contribution in [0.4, 0.5) is 0 Å². The van der Waals surface area contributed by atoms with Crippen molar-refractivity contribution in [2.24, 2.45) is 0 Å². The normalized spacial score (nSPS) is 11.0. The molecule has 0 bridgehead atoms. The van der Waals surface area contributed by atoms with E-state index < -0.39 is 0 Å². The first-order valence-electron chi connectivity index (χ1n) is 7.83. The summed E-state index contributed by atoms with van der Waals surface area (Å²) < 4.78 is 2.07. The summed E-state index contributed by atoms with van der Waals surface area (Å²) in [5.41, 5.74) is 1.13. The number of aromatic nitrogens is 2. The smallest absolute Gasteiger partial charge is 0.0593 e. The second kappa shape index (κ2) is 10.2. The maximum Gasteiger partial charge on any atom is 0.0593 e. The molecule has 1 aromatic rings. The molecule has 0 amide bonds. The van der Waals surface area contributed by atoms with Gasteiger partial charge in [-0.25, -0.2) is 0 Å². The molecule has 1 heterocycles. The van der Waals surface area contributed by atoms with E-state index in [0.717, 1.165) is 12.2 Å². The SMILES string of the molecule is CCCCCCCCCCCCn1ccc(C)n1. The van der Waals surface area contributed by atoms with Crippen molar-refractivity contribution in [3.8, 4) is 0 Å². The number of hydrogen-bond donors (Lipinski definition) is 0. The topological polar surface area (TPSA) is 17.8 Å². The van der Waals surface area contributed by atoms with Gasteiger partial charge in [-0.3, -0.25) is 4.68 Å². The van der Waals surface area contributed by atoms with Crippen molar-refractivity contribution in [3.05, 3.63) is 18.0 Å². The fraction of sp³-hybridized carbons (Fsp3) is 0.812. The van der Waals surface area contributed by atoms with Crippen LogP contribution in [0.15, 0.2) is 12.3 Å². The molecule has 0 aliphatic carbocycles. The van der Waals surface area contributed by atoms with Gasteiger partial charge in [0.15, 0.2) is 0 Å². The highest BCUT2D eigenvalue weighted by molar-refractivity contribution is 4.94. The van der Waals surface area contributed by atoms with Gasteiger partial charge in [0.1, 0.15) is 0 Å². The van der Waals surface area contributed by atoms with E-state index in [1.165, 1.54) is 64.2 Å². The predicted octanol–water partition coefficient (Wildman–Crippen LogP) is 5.11. The van der Waals surface area contributed by atoms with Crippen molar-refractivity contribution in [2.45, 2.75) is 84.6 Å². The van der Waals surface area contributed by atoms with E-state index in [1.807, 2.05) is 0 Å². The quantitative estimate of drug-likeness (QED) is 0.499. The van der Waals surface area contributed by atoms with E-state index >= 15 is 0 Å². The second-order valence-electron chi connectivity index (χ2n) is 5.40. The van der Waals surface area contributed by atoms with Crippen molar-refractivity contribution in [3.63, 3.8) is 0 Å². The molecule has 0 aromatic carbocycles. The summed E-state index contributed by atoms with van der Waals surface area (Å²) in [6.45, 7) is 5.42. The van der Waals surface area contributed by atoms with E-state index in [1.54, 1.807) is 0 Å². The molecule has 0 saturated heterocycles. The van der Waals surface area contributed by atoms with Crippen LogP contribution in [0, 0.1) is 6.92 Å². The third-order valence-corrected chi connectivity index (χ3v) is 3.51. The first-order chi connectivity index (χ1) is 8.83. The number of rotatable bonds is 11. The van der Waals surface area contributed by atoms with E-state index in [-0.39, 0.29) is 0 Å². The molecule has 0 N–H and O–H groups in total. The lowest BCUT2D eigenvalue weighted by Gasteiger charge is -2.03. The Morgan fingerprint density at radius 3 is 1.94 bits per heavy atom. The van der Waals surface area contributed by atoms with Crippen LogP contribution in [0.1, 0.15) is 76.8 Å². The molecule has 0 aliphatic rings. The van der Waals surface area contributed by atoms with Crippen LogP contribution in [-0.4, -0.2) is 9.78 Å². The number of hydrogen-bond acceptors (Lipinski definition) is 1. The van der Waals surface area contributed by atoms with Crippen molar-refractivity contribution < 1.29 is 0 Å². The molecule has 0 saturated carbocycles. The van der Waals surface area contributed by atoms with Gasteiger partial charge in [-0.1, -0.05) is 64.7 Å². The minimum atomic E-state index is 1.09. The Kier molecular flexibility index (Phi) is 8.62. The summed E-state index contributed by atoms with van der Waals surface area (Å²) in [6, 6.07) is 2.08. The summed E-state index contributed by atoms with van der Waals surface area (Å²) in [5.74, 6) is 0. The standard InChI is InChI=1S/C16H30N2/c1-3-4-5-6-7-8-9-10-11-12-14-18-15-13-16(2)17-18/h13,15H,3-12,14H2,1-2H3. The molecular weight excluding hydrogens is 220 g/mol. The highest BCUT2D eigenvalue weighted by Gasteiger charge is 1.95. The zero-order valence-corrected chi connectivity index (χ0v) is 12.3.